The first-order valence-electron chi connectivity index (χ1n) is 3.83. The molecular formula is C10H12N2. The molecule has 12 heavy (non-hydrogen) atoms. The van der Waals surface area contributed by atoms with Crippen LogP contribution in [0.15, 0.2) is 37.2 Å². The van der Waals surface area contributed by atoms with Gasteiger partial charge in [0, 0.05) is 6.20 Å². The van der Waals surface area contributed by atoms with Gasteiger partial charge in [-0.25, -0.2) is 0 Å². The van der Waals surface area contributed by atoms with Crippen LogP contribution in [0.1, 0.15) is 12.6 Å². The predicted molar refractivity (Wildman–Crippen MR) is 52.8 cm³/mol. The summed E-state index contributed by atoms with van der Waals surface area (Å²) in [7, 11) is 0. The lowest BCUT2D eigenvalue weighted by atomic mass is 10.3. The number of rotatable bonds is 3. The Kier molecular flexibility index (Phi) is 3.08. The van der Waals surface area contributed by atoms with Crippen LogP contribution in [0.2, 0.25) is 0 Å². The van der Waals surface area contributed by atoms with Crippen molar-refractivity contribution in [3.05, 3.63) is 42.9 Å². The molecule has 1 aromatic heterocycles. The van der Waals surface area contributed by atoms with Gasteiger partial charge in [0.1, 0.15) is 0 Å². The summed E-state index contributed by atoms with van der Waals surface area (Å²) in [5.74, 6) is 0. The van der Waals surface area contributed by atoms with Crippen LogP contribution >= 0.6 is 0 Å². The van der Waals surface area contributed by atoms with Gasteiger partial charge in [0.05, 0.1) is 11.4 Å². The average Bonchev–Trinajstić information content (AvgIpc) is 2.15. The molecule has 0 saturated carbocycles. The van der Waals surface area contributed by atoms with Crippen LogP contribution in [0, 0.1) is 0 Å². The van der Waals surface area contributed by atoms with Crippen molar-refractivity contribution in [3.8, 4) is 0 Å². The number of nitrogens with zero attached hydrogens (tertiary/aromatic N) is 1. The first-order chi connectivity index (χ1) is 5.88. The first kappa shape index (κ1) is 8.53. The summed E-state index contributed by atoms with van der Waals surface area (Å²) in [5.41, 5.74) is 1.85. The number of hydrogen-bond donors (Lipinski definition) is 1. The van der Waals surface area contributed by atoms with E-state index in [-0.39, 0.29) is 0 Å². The molecule has 0 amide bonds. The van der Waals surface area contributed by atoms with E-state index in [2.05, 4.69) is 16.9 Å². The second kappa shape index (κ2) is 4.34. The monoisotopic (exact) mass is 160 g/mol. The molecule has 0 unspecified atom stereocenters. The van der Waals surface area contributed by atoms with Crippen LogP contribution in [-0.4, -0.2) is 4.98 Å². The zero-order chi connectivity index (χ0) is 8.81. The molecule has 0 spiro atoms. The molecule has 0 radical (unpaired) electrons. The quantitative estimate of drug-likeness (QED) is 0.735. The smallest absolute Gasteiger partial charge is 0.0858 e. The summed E-state index contributed by atoms with van der Waals surface area (Å²) in [5, 5.41) is 3.10. The molecule has 2 nitrogen and oxygen atoms in total. The summed E-state index contributed by atoms with van der Waals surface area (Å²) < 4.78 is 0. The molecule has 0 aliphatic carbocycles. The van der Waals surface area contributed by atoms with Crippen molar-refractivity contribution in [1.82, 2.24) is 4.98 Å². The minimum absolute atomic E-state index is 0.871. The van der Waals surface area contributed by atoms with Gasteiger partial charge in [0.15, 0.2) is 0 Å². The SMILES string of the molecule is C=Cc1ncccc1N/C=C\C. The number of allylic oxidation sites excluding steroid dienone is 1. The van der Waals surface area contributed by atoms with Crippen LogP contribution in [0.5, 0.6) is 0 Å². The Hall–Kier alpha value is -1.57. The van der Waals surface area contributed by atoms with E-state index in [1.165, 1.54) is 0 Å². The first-order valence-corrected chi connectivity index (χ1v) is 3.83. The van der Waals surface area contributed by atoms with Crippen molar-refractivity contribution in [1.29, 1.82) is 0 Å². The Morgan fingerprint density at radius 2 is 2.42 bits per heavy atom. The highest BCUT2D eigenvalue weighted by atomic mass is 14.9. The van der Waals surface area contributed by atoms with E-state index in [1.54, 1.807) is 12.3 Å². The van der Waals surface area contributed by atoms with Crippen molar-refractivity contribution < 1.29 is 0 Å². The number of pyridine rings is 1. The zero-order valence-corrected chi connectivity index (χ0v) is 7.12. The van der Waals surface area contributed by atoms with Crippen molar-refractivity contribution in [3.63, 3.8) is 0 Å². The van der Waals surface area contributed by atoms with Gasteiger partial charge in [0.2, 0.25) is 0 Å². The highest BCUT2D eigenvalue weighted by molar-refractivity contribution is 5.62. The zero-order valence-electron chi connectivity index (χ0n) is 7.12. The predicted octanol–water partition coefficient (Wildman–Crippen LogP) is 2.67. The minimum atomic E-state index is 0.871. The van der Waals surface area contributed by atoms with E-state index in [4.69, 9.17) is 0 Å². The van der Waals surface area contributed by atoms with Crippen LogP contribution in [0.25, 0.3) is 6.08 Å². The van der Waals surface area contributed by atoms with E-state index < -0.39 is 0 Å². The van der Waals surface area contributed by atoms with E-state index in [0.717, 1.165) is 11.4 Å². The van der Waals surface area contributed by atoms with Crippen molar-refractivity contribution >= 4 is 11.8 Å². The number of anilines is 1. The maximum Gasteiger partial charge on any atom is 0.0858 e. The van der Waals surface area contributed by atoms with Gasteiger partial charge >= 0.3 is 0 Å². The molecule has 2 heteroatoms. The van der Waals surface area contributed by atoms with Crippen molar-refractivity contribution in [2.45, 2.75) is 6.92 Å². The lowest BCUT2D eigenvalue weighted by Gasteiger charge is -2.02. The number of nitrogens with one attached hydrogen (secondary N) is 1. The molecular weight excluding hydrogens is 148 g/mol. The van der Waals surface area contributed by atoms with E-state index in [1.807, 2.05) is 31.3 Å². The lowest BCUT2D eigenvalue weighted by Crippen LogP contribution is -1.91. The Bertz CT molecular complexity index is 290. The highest BCUT2D eigenvalue weighted by Gasteiger charge is 1.94. The third-order valence-electron chi connectivity index (χ3n) is 1.44. The van der Waals surface area contributed by atoms with E-state index in [9.17, 15) is 0 Å². The fourth-order valence-electron chi connectivity index (χ4n) is 0.875. The van der Waals surface area contributed by atoms with Crippen molar-refractivity contribution in [2.24, 2.45) is 0 Å². The Balaban J connectivity index is 2.89. The summed E-state index contributed by atoms with van der Waals surface area (Å²) >= 11 is 0. The molecule has 0 aromatic carbocycles. The highest BCUT2D eigenvalue weighted by Crippen LogP contribution is 2.12. The van der Waals surface area contributed by atoms with Crippen LogP contribution in [0.3, 0.4) is 0 Å². The van der Waals surface area contributed by atoms with Gasteiger partial charge in [-0.1, -0.05) is 12.7 Å². The van der Waals surface area contributed by atoms with Gasteiger partial charge in [-0.2, -0.15) is 0 Å². The molecule has 0 bridgehead atoms. The van der Waals surface area contributed by atoms with Crippen LogP contribution < -0.4 is 5.32 Å². The summed E-state index contributed by atoms with van der Waals surface area (Å²) in [6.45, 7) is 5.63. The third-order valence-corrected chi connectivity index (χ3v) is 1.44. The van der Waals surface area contributed by atoms with Gasteiger partial charge in [-0.05, 0) is 31.3 Å². The van der Waals surface area contributed by atoms with Crippen LogP contribution in [-0.2, 0) is 0 Å². The van der Waals surface area contributed by atoms with Gasteiger partial charge in [0.25, 0.3) is 0 Å². The molecule has 1 N–H and O–H groups in total. The fraction of sp³-hybridized carbons (Fsp3) is 0.100. The van der Waals surface area contributed by atoms with Gasteiger partial charge < -0.3 is 5.32 Å². The van der Waals surface area contributed by atoms with Gasteiger partial charge in [-0.15, -0.1) is 0 Å². The summed E-state index contributed by atoms with van der Waals surface area (Å²) in [6, 6.07) is 3.85. The summed E-state index contributed by atoms with van der Waals surface area (Å²) in [6.07, 6.45) is 7.27. The second-order valence-corrected chi connectivity index (χ2v) is 2.28. The Morgan fingerprint density at radius 1 is 1.58 bits per heavy atom. The van der Waals surface area contributed by atoms with Crippen LogP contribution in [0.4, 0.5) is 5.69 Å². The van der Waals surface area contributed by atoms with Gasteiger partial charge in [-0.3, -0.25) is 4.98 Å². The largest absolute Gasteiger partial charge is 0.360 e. The summed E-state index contributed by atoms with van der Waals surface area (Å²) in [4.78, 5) is 4.14. The standard InChI is InChI=1S/C10H12N2/c1-3-7-11-10-6-5-8-12-9(10)4-2/h3-8,11H,2H2,1H3/b7-3-. The molecule has 62 valence electrons. The minimum Gasteiger partial charge on any atom is -0.360 e. The maximum absolute atomic E-state index is 4.14. The number of hydrogen-bond acceptors (Lipinski definition) is 2. The normalized spacial score (nSPS) is 10.1. The number of aromatic nitrogens is 1. The molecule has 1 aromatic rings. The third kappa shape index (κ3) is 1.95. The average molecular weight is 160 g/mol. The Morgan fingerprint density at radius 3 is 3.08 bits per heavy atom. The maximum atomic E-state index is 4.14. The molecule has 1 heterocycles. The fourth-order valence-corrected chi connectivity index (χ4v) is 0.875. The van der Waals surface area contributed by atoms with Crippen molar-refractivity contribution in [2.75, 3.05) is 5.32 Å². The van der Waals surface area contributed by atoms with E-state index in [0.29, 0.717) is 0 Å². The molecule has 0 saturated heterocycles. The molecule has 0 atom stereocenters. The molecule has 1 rings (SSSR count). The molecule has 0 aliphatic heterocycles. The lowest BCUT2D eigenvalue weighted by molar-refractivity contribution is 1.29. The molecule has 0 aliphatic rings. The second-order valence-electron chi connectivity index (χ2n) is 2.28. The topological polar surface area (TPSA) is 24.9 Å². The van der Waals surface area contributed by atoms with E-state index >= 15 is 0 Å². The molecule has 0 fully saturated rings. The Labute approximate surface area is 72.6 Å².